The maximum atomic E-state index is 12.7. The number of hydrogen-bond donors (Lipinski definition) is 3. The molecule has 104 valence electrons. The lowest BCUT2D eigenvalue weighted by Crippen LogP contribution is -2.45. The molecule has 2 amide bonds. The van der Waals surface area contributed by atoms with Crippen molar-refractivity contribution in [2.24, 2.45) is 5.92 Å². The van der Waals surface area contributed by atoms with Crippen LogP contribution in [0.4, 0.5) is 9.18 Å². The summed E-state index contributed by atoms with van der Waals surface area (Å²) in [5.74, 6) is -0.00131. The number of hydrogen-bond acceptors (Lipinski definition) is 2. The number of carbonyl (C=O) groups excluding carboxylic acids is 1. The molecule has 1 fully saturated rings. The van der Waals surface area contributed by atoms with Crippen LogP contribution in [0.15, 0.2) is 24.3 Å². The molecule has 1 saturated carbocycles. The molecule has 1 aromatic rings. The number of urea groups is 1. The van der Waals surface area contributed by atoms with Crippen molar-refractivity contribution in [1.29, 1.82) is 0 Å². The predicted octanol–water partition coefficient (Wildman–Crippen LogP) is 1.79. The Bertz CT molecular complexity index is 441. The van der Waals surface area contributed by atoms with Gasteiger partial charge in [-0.25, -0.2) is 9.18 Å². The van der Waals surface area contributed by atoms with E-state index in [0.717, 1.165) is 18.4 Å². The van der Waals surface area contributed by atoms with Crippen molar-refractivity contribution >= 4 is 6.03 Å². The number of halogens is 1. The van der Waals surface area contributed by atoms with Gasteiger partial charge in [-0.15, -0.1) is 0 Å². The van der Waals surface area contributed by atoms with Gasteiger partial charge in [0, 0.05) is 13.1 Å². The van der Waals surface area contributed by atoms with Gasteiger partial charge >= 0.3 is 6.03 Å². The average molecular weight is 266 g/mol. The third-order valence-electron chi connectivity index (χ3n) is 3.43. The zero-order valence-electron chi connectivity index (χ0n) is 10.9. The molecule has 0 unspecified atom stereocenters. The van der Waals surface area contributed by atoms with Crippen LogP contribution >= 0.6 is 0 Å². The number of benzene rings is 1. The molecule has 1 aliphatic rings. The van der Waals surface area contributed by atoms with Gasteiger partial charge in [0.15, 0.2) is 0 Å². The lowest BCUT2D eigenvalue weighted by atomic mass is 10.0. The van der Waals surface area contributed by atoms with Crippen LogP contribution in [-0.2, 0) is 6.54 Å². The standard InChI is InChI=1S/C14H19FN2O2/c1-14(19,11-4-5-11)9-17-13(18)16-8-10-2-6-12(15)7-3-10/h2-3,6-7,11,19H,4-5,8-9H2,1H3,(H2,16,17,18)/t14-/m1/s1. The maximum Gasteiger partial charge on any atom is 0.315 e. The van der Waals surface area contributed by atoms with Crippen molar-refractivity contribution < 1.29 is 14.3 Å². The Kier molecular flexibility index (Phi) is 4.04. The molecule has 1 atom stereocenters. The van der Waals surface area contributed by atoms with E-state index in [9.17, 15) is 14.3 Å². The predicted molar refractivity (Wildman–Crippen MR) is 70.0 cm³/mol. The molecule has 0 saturated heterocycles. The molecule has 5 heteroatoms. The van der Waals surface area contributed by atoms with Crippen molar-refractivity contribution in [3.63, 3.8) is 0 Å². The molecule has 0 bridgehead atoms. The highest BCUT2D eigenvalue weighted by Gasteiger charge is 2.39. The lowest BCUT2D eigenvalue weighted by molar-refractivity contribution is 0.0394. The normalized spacial score (nSPS) is 17.6. The Hall–Kier alpha value is -1.62. The number of rotatable bonds is 5. The Morgan fingerprint density at radius 2 is 2.00 bits per heavy atom. The van der Waals surface area contributed by atoms with Crippen LogP contribution in [0.2, 0.25) is 0 Å². The van der Waals surface area contributed by atoms with Crippen LogP contribution in [-0.4, -0.2) is 23.3 Å². The van der Waals surface area contributed by atoms with E-state index in [1.807, 2.05) is 0 Å². The van der Waals surface area contributed by atoms with Gasteiger partial charge in [0.1, 0.15) is 5.82 Å². The molecule has 0 heterocycles. The fourth-order valence-corrected chi connectivity index (χ4v) is 1.96. The molecule has 3 N–H and O–H groups in total. The van der Waals surface area contributed by atoms with E-state index in [-0.39, 0.29) is 18.4 Å². The summed E-state index contributed by atoms with van der Waals surface area (Å²) in [5.41, 5.74) is -0.00164. The third kappa shape index (κ3) is 4.21. The highest BCUT2D eigenvalue weighted by Crippen LogP contribution is 2.38. The van der Waals surface area contributed by atoms with E-state index in [2.05, 4.69) is 10.6 Å². The minimum atomic E-state index is -0.826. The van der Waals surface area contributed by atoms with Gasteiger partial charge in [-0.1, -0.05) is 12.1 Å². The van der Waals surface area contributed by atoms with Crippen molar-refractivity contribution in [2.45, 2.75) is 31.9 Å². The molecular formula is C14H19FN2O2. The van der Waals surface area contributed by atoms with E-state index in [1.54, 1.807) is 19.1 Å². The second-order valence-corrected chi connectivity index (χ2v) is 5.29. The highest BCUT2D eigenvalue weighted by atomic mass is 19.1. The number of carbonyl (C=O) groups is 1. The minimum absolute atomic E-state index is 0.243. The SMILES string of the molecule is C[C@@](O)(CNC(=O)NCc1ccc(F)cc1)C1CC1. The van der Waals surface area contributed by atoms with Gasteiger partial charge in [-0.05, 0) is 43.4 Å². The largest absolute Gasteiger partial charge is 0.388 e. The van der Waals surface area contributed by atoms with E-state index in [4.69, 9.17) is 0 Å². The van der Waals surface area contributed by atoms with E-state index in [1.165, 1.54) is 12.1 Å². The number of aliphatic hydroxyl groups is 1. The molecule has 0 aromatic heterocycles. The maximum absolute atomic E-state index is 12.7. The molecule has 2 rings (SSSR count). The van der Waals surface area contributed by atoms with Crippen LogP contribution in [0.3, 0.4) is 0 Å². The summed E-state index contributed by atoms with van der Waals surface area (Å²) in [6, 6.07) is 5.62. The van der Waals surface area contributed by atoms with Crippen LogP contribution in [0.25, 0.3) is 0 Å². The second kappa shape index (κ2) is 5.57. The van der Waals surface area contributed by atoms with E-state index >= 15 is 0 Å². The fourth-order valence-electron chi connectivity index (χ4n) is 1.96. The van der Waals surface area contributed by atoms with Gasteiger partial charge in [0.25, 0.3) is 0 Å². The van der Waals surface area contributed by atoms with Crippen LogP contribution in [0, 0.1) is 11.7 Å². The minimum Gasteiger partial charge on any atom is -0.388 e. The number of amides is 2. The zero-order valence-corrected chi connectivity index (χ0v) is 10.9. The van der Waals surface area contributed by atoms with Crippen LogP contribution < -0.4 is 10.6 Å². The first-order valence-corrected chi connectivity index (χ1v) is 6.46. The Labute approximate surface area is 112 Å². The summed E-state index contributed by atoms with van der Waals surface area (Å²) >= 11 is 0. The van der Waals surface area contributed by atoms with Gasteiger partial charge in [0.05, 0.1) is 5.60 Å². The van der Waals surface area contributed by atoms with E-state index in [0.29, 0.717) is 12.5 Å². The zero-order chi connectivity index (χ0) is 13.9. The van der Waals surface area contributed by atoms with Crippen molar-refractivity contribution in [3.05, 3.63) is 35.6 Å². The second-order valence-electron chi connectivity index (χ2n) is 5.29. The quantitative estimate of drug-likeness (QED) is 0.761. The summed E-state index contributed by atoms with van der Waals surface area (Å²) in [6.45, 7) is 2.32. The van der Waals surface area contributed by atoms with Crippen molar-refractivity contribution in [2.75, 3.05) is 6.54 Å². The third-order valence-corrected chi connectivity index (χ3v) is 3.43. The molecule has 0 aliphatic heterocycles. The summed E-state index contributed by atoms with van der Waals surface area (Å²) in [6.07, 6.45) is 2.04. The average Bonchev–Trinajstić information content (AvgIpc) is 3.20. The Balaban J connectivity index is 1.71. The molecule has 0 spiro atoms. The van der Waals surface area contributed by atoms with Gasteiger partial charge in [0.2, 0.25) is 0 Å². The summed E-state index contributed by atoms with van der Waals surface area (Å²) in [5, 5.41) is 15.4. The fraction of sp³-hybridized carbons (Fsp3) is 0.500. The van der Waals surface area contributed by atoms with Gasteiger partial charge in [-0.2, -0.15) is 0 Å². The first-order chi connectivity index (χ1) is 8.97. The number of nitrogens with one attached hydrogen (secondary N) is 2. The van der Waals surface area contributed by atoms with Crippen molar-refractivity contribution in [1.82, 2.24) is 10.6 Å². The first kappa shape index (κ1) is 13.8. The Morgan fingerprint density at radius 3 is 2.58 bits per heavy atom. The Morgan fingerprint density at radius 1 is 1.37 bits per heavy atom. The van der Waals surface area contributed by atoms with Crippen LogP contribution in [0.1, 0.15) is 25.3 Å². The summed E-state index contributed by atoms with van der Waals surface area (Å²) in [7, 11) is 0. The molecule has 4 nitrogen and oxygen atoms in total. The molecule has 19 heavy (non-hydrogen) atoms. The highest BCUT2D eigenvalue weighted by molar-refractivity contribution is 5.73. The topological polar surface area (TPSA) is 61.4 Å². The molecule has 0 radical (unpaired) electrons. The van der Waals surface area contributed by atoms with E-state index < -0.39 is 5.60 Å². The molecule has 1 aliphatic carbocycles. The molecular weight excluding hydrogens is 247 g/mol. The molecule has 1 aromatic carbocycles. The summed E-state index contributed by atoms with van der Waals surface area (Å²) < 4.78 is 12.7. The van der Waals surface area contributed by atoms with Crippen molar-refractivity contribution in [3.8, 4) is 0 Å². The lowest BCUT2D eigenvalue weighted by Gasteiger charge is -2.23. The summed E-state index contributed by atoms with van der Waals surface area (Å²) in [4.78, 5) is 11.6. The first-order valence-electron chi connectivity index (χ1n) is 6.46. The van der Waals surface area contributed by atoms with Crippen LogP contribution in [0.5, 0.6) is 0 Å². The van der Waals surface area contributed by atoms with Gasteiger partial charge < -0.3 is 15.7 Å². The van der Waals surface area contributed by atoms with Gasteiger partial charge in [-0.3, -0.25) is 0 Å². The monoisotopic (exact) mass is 266 g/mol. The smallest absolute Gasteiger partial charge is 0.315 e.